The number of carbonyl (C=O) groups is 1. The highest BCUT2D eigenvalue weighted by atomic mass is 32.2. The maximum absolute atomic E-state index is 11.8. The minimum atomic E-state index is -2.97. The summed E-state index contributed by atoms with van der Waals surface area (Å²) in [6, 6.07) is 19.1. The predicted octanol–water partition coefficient (Wildman–Crippen LogP) is 6.15. The molecule has 0 aromatic heterocycles. The standard InChI is InChI=1S/C32H37NO5S/c1-3-39(36,37)15-5-14-38-27-16-21(2)31-25(18-27)7-4-6-23-9-8-22(17-29(23)31)20-33-26-12-10-24(11-13-26)28-19-30(28)32(34)35/h8-13,16-18,28,30,33H,3-7,14-15,19-20H2,1-2H3,(H,34,35). The molecule has 1 saturated carbocycles. The van der Waals surface area contributed by atoms with Gasteiger partial charge in [-0.2, -0.15) is 0 Å². The minimum Gasteiger partial charge on any atom is -0.494 e. The highest BCUT2D eigenvalue weighted by Gasteiger charge is 2.44. The van der Waals surface area contributed by atoms with Gasteiger partial charge in [-0.05, 0) is 114 Å². The summed E-state index contributed by atoms with van der Waals surface area (Å²) < 4.78 is 29.5. The highest BCUT2D eigenvalue weighted by Crippen LogP contribution is 2.47. The molecular formula is C32H37NO5S. The normalized spacial score (nSPS) is 18.0. The van der Waals surface area contributed by atoms with Gasteiger partial charge in [0.1, 0.15) is 15.6 Å². The average molecular weight is 548 g/mol. The summed E-state index contributed by atoms with van der Waals surface area (Å²) in [6.45, 7) is 4.90. The van der Waals surface area contributed by atoms with Gasteiger partial charge in [-0.25, -0.2) is 8.42 Å². The Kier molecular flexibility index (Phi) is 7.98. The van der Waals surface area contributed by atoms with Gasteiger partial charge in [0.2, 0.25) is 0 Å². The first-order chi connectivity index (χ1) is 18.7. The van der Waals surface area contributed by atoms with Gasteiger partial charge in [0.25, 0.3) is 0 Å². The van der Waals surface area contributed by atoms with E-state index in [1.54, 1.807) is 6.92 Å². The molecule has 5 rings (SSSR count). The number of aryl methyl sites for hydroxylation is 3. The second kappa shape index (κ2) is 11.4. The van der Waals surface area contributed by atoms with E-state index in [1.165, 1.54) is 33.4 Å². The number of hydrogen-bond donors (Lipinski definition) is 2. The molecule has 2 atom stereocenters. The number of ether oxygens (including phenoxy) is 1. The molecule has 2 aliphatic rings. The Labute approximate surface area is 231 Å². The molecule has 2 aliphatic carbocycles. The predicted molar refractivity (Wildman–Crippen MR) is 155 cm³/mol. The van der Waals surface area contributed by atoms with Gasteiger partial charge in [-0.1, -0.05) is 31.2 Å². The van der Waals surface area contributed by atoms with Crippen molar-refractivity contribution in [3.63, 3.8) is 0 Å². The lowest BCUT2D eigenvalue weighted by Crippen LogP contribution is -2.12. The zero-order valence-corrected chi connectivity index (χ0v) is 23.5. The van der Waals surface area contributed by atoms with Crippen LogP contribution in [0.2, 0.25) is 0 Å². The lowest BCUT2D eigenvalue weighted by atomic mass is 9.91. The molecule has 0 heterocycles. The summed E-state index contributed by atoms with van der Waals surface area (Å²) in [7, 11) is -2.97. The lowest BCUT2D eigenvalue weighted by Gasteiger charge is -2.17. The molecule has 0 radical (unpaired) electrons. The second-order valence-corrected chi connectivity index (χ2v) is 13.3. The molecule has 0 aliphatic heterocycles. The molecule has 2 unspecified atom stereocenters. The van der Waals surface area contributed by atoms with Crippen molar-refractivity contribution in [3.05, 3.63) is 82.4 Å². The van der Waals surface area contributed by atoms with E-state index in [1.807, 2.05) is 24.3 Å². The molecule has 3 aromatic rings. The number of hydrogen-bond acceptors (Lipinski definition) is 5. The Morgan fingerprint density at radius 3 is 2.54 bits per heavy atom. The number of rotatable bonds is 11. The van der Waals surface area contributed by atoms with Crippen LogP contribution in [0.3, 0.4) is 0 Å². The van der Waals surface area contributed by atoms with Crippen LogP contribution in [0.25, 0.3) is 11.1 Å². The van der Waals surface area contributed by atoms with Crippen LogP contribution in [0.4, 0.5) is 5.69 Å². The molecule has 6 nitrogen and oxygen atoms in total. The van der Waals surface area contributed by atoms with Crippen molar-refractivity contribution < 1.29 is 23.1 Å². The van der Waals surface area contributed by atoms with E-state index in [0.29, 0.717) is 19.6 Å². The molecule has 0 spiro atoms. The maximum atomic E-state index is 11.8. The SMILES string of the molecule is CCS(=O)(=O)CCCOc1cc(C)c2c(c1)CCCc1ccc(CNc3ccc(C4CC4C(=O)O)cc3)cc1-2. The number of benzene rings is 3. The Morgan fingerprint density at radius 2 is 1.82 bits per heavy atom. The van der Waals surface area contributed by atoms with Crippen LogP contribution in [0.15, 0.2) is 54.6 Å². The van der Waals surface area contributed by atoms with Crippen LogP contribution in [0.1, 0.15) is 59.9 Å². The van der Waals surface area contributed by atoms with Gasteiger partial charge >= 0.3 is 5.97 Å². The monoisotopic (exact) mass is 547 g/mol. The van der Waals surface area contributed by atoms with E-state index in [9.17, 15) is 18.3 Å². The van der Waals surface area contributed by atoms with Crippen molar-refractivity contribution in [1.29, 1.82) is 0 Å². The lowest BCUT2D eigenvalue weighted by molar-refractivity contribution is -0.138. The number of carboxylic acids is 1. The van der Waals surface area contributed by atoms with E-state index < -0.39 is 15.8 Å². The summed E-state index contributed by atoms with van der Waals surface area (Å²) >= 11 is 0. The van der Waals surface area contributed by atoms with Gasteiger partial charge < -0.3 is 15.2 Å². The van der Waals surface area contributed by atoms with Crippen molar-refractivity contribution >= 4 is 21.5 Å². The van der Waals surface area contributed by atoms with E-state index in [4.69, 9.17) is 4.74 Å². The summed E-state index contributed by atoms with van der Waals surface area (Å²) in [5, 5.41) is 12.7. The quantitative estimate of drug-likeness (QED) is 0.280. The maximum Gasteiger partial charge on any atom is 0.307 e. The average Bonchev–Trinajstić information content (AvgIpc) is 3.74. The fourth-order valence-corrected chi connectivity index (χ4v) is 6.49. The van der Waals surface area contributed by atoms with Crippen molar-refractivity contribution in [2.45, 2.75) is 58.4 Å². The fraction of sp³-hybridized carbons (Fsp3) is 0.406. The Bertz CT molecular complexity index is 1460. The summed E-state index contributed by atoms with van der Waals surface area (Å²) in [6.07, 6.45) is 4.32. The first-order valence-corrected chi connectivity index (χ1v) is 15.7. The molecule has 39 heavy (non-hydrogen) atoms. The molecule has 206 valence electrons. The van der Waals surface area contributed by atoms with Gasteiger partial charge in [-0.15, -0.1) is 0 Å². The number of carboxylic acid groups (broad SMARTS) is 1. The van der Waals surface area contributed by atoms with Crippen LogP contribution in [-0.2, 0) is 34.0 Å². The van der Waals surface area contributed by atoms with Crippen molar-refractivity contribution in [2.75, 3.05) is 23.4 Å². The van der Waals surface area contributed by atoms with E-state index in [0.717, 1.165) is 42.7 Å². The highest BCUT2D eigenvalue weighted by molar-refractivity contribution is 7.91. The second-order valence-electron chi connectivity index (χ2n) is 10.8. The van der Waals surface area contributed by atoms with Crippen LogP contribution in [-0.4, -0.2) is 37.6 Å². The largest absolute Gasteiger partial charge is 0.494 e. The smallest absolute Gasteiger partial charge is 0.307 e. The fourth-order valence-electron chi connectivity index (χ4n) is 5.65. The molecule has 7 heteroatoms. The number of nitrogens with one attached hydrogen (secondary N) is 1. The molecule has 1 fully saturated rings. The third-order valence-corrected chi connectivity index (χ3v) is 9.77. The number of fused-ring (bicyclic) bond motifs is 3. The number of sulfone groups is 1. The summed E-state index contributed by atoms with van der Waals surface area (Å²) in [5.74, 6) is 0.350. The Balaban J connectivity index is 1.27. The summed E-state index contributed by atoms with van der Waals surface area (Å²) in [5.41, 5.74) is 9.70. The van der Waals surface area contributed by atoms with E-state index >= 15 is 0 Å². The zero-order chi connectivity index (χ0) is 27.6. The Hall–Kier alpha value is -3.32. The van der Waals surface area contributed by atoms with Gasteiger partial charge in [0, 0.05) is 18.0 Å². The van der Waals surface area contributed by atoms with Gasteiger partial charge in [-0.3, -0.25) is 4.79 Å². The molecular weight excluding hydrogens is 510 g/mol. The molecule has 0 bridgehead atoms. The zero-order valence-electron chi connectivity index (χ0n) is 22.7. The molecule has 0 amide bonds. The molecule has 2 N–H and O–H groups in total. The van der Waals surface area contributed by atoms with Gasteiger partial charge in [0.15, 0.2) is 0 Å². The van der Waals surface area contributed by atoms with Gasteiger partial charge in [0.05, 0.1) is 18.3 Å². The first kappa shape index (κ1) is 27.3. The number of anilines is 1. The van der Waals surface area contributed by atoms with E-state index in [-0.39, 0.29) is 23.3 Å². The van der Waals surface area contributed by atoms with Crippen LogP contribution in [0.5, 0.6) is 5.75 Å². The third-order valence-electron chi connectivity index (χ3n) is 7.98. The molecule has 3 aromatic carbocycles. The third kappa shape index (κ3) is 6.47. The van der Waals surface area contributed by atoms with E-state index in [2.05, 4.69) is 42.6 Å². The molecule has 0 saturated heterocycles. The first-order valence-electron chi connectivity index (χ1n) is 13.9. The number of aliphatic carboxylic acids is 1. The van der Waals surface area contributed by atoms with Crippen molar-refractivity contribution in [3.8, 4) is 16.9 Å². The minimum absolute atomic E-state index is 0.146. The van der Waals surface area contributed by atoms with Crippen LogP contribution in [0, 0.1) is 12.8 Å². The van der Waals surface area contributed by atoms with Crippen LogP contribution < -0.4 is 10.1 Å². The Morgan fingerprint density at radius 1 is 1.05 bits per heavy atom. The summed E-state index contributed by atoms with van der Waals surface area (Å²) in [4.78, 5) is 11.2. The topological polar surface area (TPSA) is 92.7 Å². The van der Waals surface area contributed by atoms with Crippen molar-refractivity contribution in [1.82, 2.24) is 0 Å². The van der Waals surface area contributed by atoms with Crippen molar-refractivity contribution in [2.24, 2.45) is 5.92 Å². The van der Waals surface area contributed by atoms with Crippen LogP contribution >= 0.6 is 0 Å².